The largest absolute Gasteiger partial charge is 0.359 e. The SMILES string of the molecule is CC(C)NC(=S)NNC=C1CCCCC1. The number of rotatable bonds is 3. The summed E-state index contributed by atoms with van der Waals surface area (Å²) >= 11 is 5.08. The van der Waals surface area contributed by atoms with E-state index in [1.54, 1.807) is 0 Å². The van der Waals surface area contributed by atoms with Crippen LogP contribution in [-0.2, 0) is 0 Å². The van der Waals surface area contributed by atoms with Crippen molar-refractivity contribution in [3.63, 3.8) is 0 Å². The lowest BCUT2D eigenvalue weighted by molar-refractivity contribution is 0.590. The summed E-state index contributed by atoms with van der Waals surface area (Å²) in [6, 6.07) is 0.370. The minimum Gasteiger partial charge on any atom is -0.359 e. The topological polar surface area (TPSA) is 36.1 Å². The van der Waals surface area contributed by atoms with Gasteiger partial charge in [0.05, 0.1) is 0 Å². The number of allylic oxidation sites excluding steroid dienone is 1. The van der Waals surface area contributed by atoms with Gasteiger partial charge in [-0.1, -0.05) is 12.0 Å². The van der Waals surface area contributed by atoms with E-state index < -0.39 is 0 Å². The predicted octanol–water partition coefficient (Wildman–Crippen LogP) is 2.21. The predicted molar refractivity (Wildman–Crippen MR) is 68.3 cm³/mol. The highest BCUT2D eigenvalue weighted by Gasteiger charge is 2.04. The number of thiocarbonyl (C=S) groups is 1. The molecule has 0 radical (unpaired) electrons. The lowest BCUT2D eigenvalue weighted by atomic mass is 9.96. The lowest BCUT2D eigenvalue weighted by Gasteiger charge is -2.16. The molecule has 0 aromatic heterocycles. The van der Waals surface area contributed by atoms with Gasteiger partial charge in [0.15, 0.2) is 5.11 Å². The molecule has 0 spiro atoms. The standard InChI is InChI=1S/C11H21N3S/c1-9(2)13-11(15)14-12-8-10-6-4-3-5-7-10/h8-9,12H,3-7H2,1-2H3,(H2,13,14,15). The molecule has 0 aromatic carbocycles. The maximum atomic E-state index is 5.08. The number of hydrazine groups is 1. The van der Waals surface area contributed by atoms with Gasteiger partial charge < -0.3 is 10.7 Å². The van der Waals surface area contributed by atoms with E-state index in [2.05, 4.69) is 30.0 Å². The first-order chi connectivity index (χ1) is 7.18. The van der Waals surface area contributed by atoms with Gasteiger partial charge in [-0.15, -0.1) is 0 Å². The highest BCUT2D eigenvalue weighted by molar-refractivity contribution is 7.80. The molecule has 4 heteroatoms. The first-order valence-corrected chi connectivity index (χ1v) is 6.09. The molecule has 0 aromatic rings. The molecule has 1 aliphatic rings. The Hall–Kier alpha value is -0.770. The van der Waals surface area contributed by atoms with Crippen molar-refractivity contribution in [1.82, 2.24) is 16.2 Å². The smallest absolute Gasteiger partial charge is 0.185 e. The Morgan fingerprint density at radius 2 is 1.93 bits per heavy atom. The van der Waals surface area contributed by atoms with E-state index in [0.29, 0.717) is 11.2 Å². The van der Waals surface area contributed by atoms with Crippen molar-refractivity contribution in [2.45, 2.75) is 52.0 Å². The van der Waals surface area contributed by atoms with Crippen LogP contribution in [0.15, 0.2) is 11.8 Å². The van der Waals surface area contributed by atoms with Gasteiger partial charge in [-0.3, -0.25) is 5.43 Å². The van der Waals surface area contributed by atoms with Crippen LogP contribution in [-0.4, -0.2) is 11.2 Å². The van der Waals surface area contributed by atoms with Crippen LogP contribution in [0.4, 0.5) is 0 Å². The van der Waals surface area contributed by atoms with Crippen LogP contribution in [0.25, 0.3) is 0 Å². The van der Waals surface area contributed by atoms with E-state index in [-0.39, 0.29) is 0 Å². The zero-order chi connectivity index (χ0) is 11.1. The van der Waals surface area contributed by atoms with Crippen molar-refractivity contribution < 1.29 is 0 Å². The van der Waals surface area contributed by atoms with Crippen molar-refractivity contribution in [2.75, 3.05) is 0 Å². The Kier molecular flexibility index (Phi) is 5.47. The molecule has 0 saturated heterocycles. The van der Waals surface area contributed by atoms with Crippen molar-refractivity contribution in [3.05, 3.63) is 11.8 Å². The molecule has 0 bridgehead atoms. The van der Waals surface area contributed by atoms with E-state index >= 15 is 0 Å². The minimum absolute atomic E-state index is 0.370. The average molecular weight is 227 g/mol. The third-order valence-corrected chi connectivity index (χ3v) is 2.60. The van der Waals surface area contributed by atoms with E-state index in [4.69, 9.17) is 12.2 Å². The molecule has 3 nitrogen and oxygen atoms in total. The molecular formula is C11H21N3S. The van der Waals surface area contributed by atoms with Gasteiger partial charge in [0.2, 0.25) is 0 Å². The van der Waals surface area contributed by atoms with E-state index in [9.17, 15) is 0 Å². The summed E-state index contributed by atoms with van der Waals surface area (Å²) in [5.41, 5.74) is 7.49. The molecule has 0 amide bonds. The summed E-state index contributed by atoms with van der Waals surface area (Å²) in [7, 11) is 0. The Labute approximate surface area is 97.7 Å². The minimum atomic E-state index is 0.370. The normalized spacial score (nSPS) is 16.1. The van der Waals surface area contributed by atoms with Crippen LogP contribution in [0.5, 0.6) is 0 Å². The molecule has 3 N–H and O–H groups in total. The summed E-state index contributed by atoms with van der Waals surface area (Å²) in [5.74, 6) is 0. The monoisotopic (exact) mass is 227 g/mol. The molecule has 0 unspecified atom stereocenters. The van der Waals surface area contributed by atoms with Gasteiger partial charge in [0.25, 0.3) is 0 Å². The Morgan fingerprint density at radius 1 is 1.27 bits per heavy atom. The van der Waals surface area contributed by atoms with Gasteiger partial charge in [-0.05, 0) is 51.7 Å². The van der Waals surface area contributed by atoms with Crippen molar-refractivity contribution in [1.29, 1.82) is 0 Å². The van der Waals surface area contributed by atoms with Crippen LogP contribution in [0.3, 0.4) is 0 Å². The second-order valence-corrected chi connectivity index (χ2v) is 4.67. The number of hydrogen-bond acceptors (Lipinski definition) is 2. The molecule has 15 heavy (non-hydrogen) atoms. The zero-order valence-electron chi connectivity index (χ0n) is 9.60. The van der Waals surface area contributed by atoms with E-state index in [0.717, 1.165) is 0 Å². The van der Waals surface area contributed by atoms with Gasteiger partial charge >= 0.3 is 0 Å². The zero-order valence-corrected chi connectivity index (χ0v) is 10.4. The third kappa shape index (κ3) is 5.62. The van der Waals surface area contributed by atoms with Crippen LogP contribution >= 0.6 is 12.2 Å². The molecule has 1 saturated carbocycles. The fourth-order valence-corrected chi connectivity index (χ4v) is 1.95. The fourth-order valence-electron chi connectivity index (χ4n) is 1.65. The van der Waals surface area contributed by atoms with E-state index in [1.165, 1.54) is 37.7 Å². The second-order valence-electron chi connectivity index (χ2n) is 4.26. The molecule has 1 aliphatic carbocycles. The lowest BCUT2D eigenvalue weighted by Crippen LogP contribution is -2.44. The summed E-state index contributed by atoms with van der Waals surface area (Å²) in [6.07, 6.45) is 8.51. The molecular weight excluding hydrogens is 206 g/mol. The molecule has 0 atom stereocenters. The highest BCUT2D eigenvalue weighted by Crippen LogP contribution is 2.21. The quantitative estimate of drug-likeness (QED) is 0.510. The van der Waals surface area contributed by atoms with Crippen LogP contribution in [0.1, 0.15) is 46.0 Å². The van der Waals surface area contributed by atoms with Gasteiger partial charge in [-0.2, -0.15) is 0 Å². The van der Waals surface area contributed by atoms with Gasteiger partial charge in [0.1, 0.15) is 0 Å². The van der Waals surface area contributed by atoms with Crippen LogP contribution < -0.4 is 16.2 Å². The molecule has 0 aliphatic heterocycles. The molecule has 1 rings (SSSR count). The summed E-state index contributed by atoms with van der Waals surface area (Å²) in [6.45, 7) is 4.13. The molecule has 86 valence electrons. The average Bonchev–Trinajstić information content (AvgIpc) is 2.18. The Bertz CT molecular complexity index is 228. The summed E-state index contributed by atoms with van der Waals surface area (Å²) in [5, 5.41) is 3.76. The van der Waals surface area contributed by atoms with Crippen molar-refractivity contribution in [2.24, 2.45) is 0 Å². The van der Waals surface area contributed by atoms with Gasteiger partial charge in [0, 0.05) is 12.2 Å². The second kappa shape index (κ2) is 6.67. The Morgan fingerprint density at radius 3 is 2.53 bits per heavy atom. The Balaban J connectivity index is 2.16. The van der Waals surface area contributed by atoms with Gasteiger partial charge in [-0.25, -0.2) is 0 Å². The summed E-state index contributed by atoms with van der Waals surface area (Å²) in [4.78, 5) is 0. The van der Waals surface area contributed by atoms with Crippen LogP contribution in [0, 0.1) is 0 Å². The fraction of sp³-hybridized carbons (Fsp3) is 0.727. The third-order valence-electron chi connectivity index (χ3n) is 2.38. The molecule has 0 heterocycles. The first kappa shape index (κ1) is 12.3. The summed E-state index contributed by atoms with van der Waals surface area (Å²) < 4.78 is 0. The first-order valence-electron chi connectivity index (χ1n) is 5.68. The van der Waals surface area contributed by atoms with Crippen molar-refractivity contribution in [3.8, 4) is 0 Å². The van der Waals surface area contributed by atoms with E-state index in [1.807, 2.05) is 6.20 Å². The number of nitrogens with one attached hydrogen (secondary N) is 3. The number of hydrogen-bond donors (Lipinski definition) is 3. The van der Waals surface area contributed by atoms with Crippen LogP contribution in [0.2, 0.25) is 0 Å². The highest BCUT2D eigenvalue weighted by atomic mass is 32.1. The van der Waals surface area contributed by atoms with Crippen molar-refractivity contribution >= 4 is 17.3 Å². The maximum absolute atomic E-state index is 5.08. The molecule has 1 fully saturated rings. The maximum Gasteiger partial charge on any atom is 0.185 e.